The fraction of sp³-hybridized carbons (Fsp3) is 0.389. The van der Waals surface area contributed by atoms with E-state index in [2.05, 4.69) is 15.5 Å². The minimum Gasteiger partial charge on any atom is -0.379 e. The van der Waals surface area contributed by atoms with Crippen molar-refractivity contribution in [3.63, 3.8) is 0 Å². The van der Waals surface area contributed by atoms with E-state index in [1.807, 2.05) is 17.7 Å². The maximum absolute atomic E-state index is 13.0. The highest BCUT2D eigenvalue weighted by Crippen LogP contribution is 2.26. The van der Waals surface area contributed by atoms with Crippen LogP contribution < -0.4 is 5.32 Å². The number of aromatic nitrogens is 2. The van der Waals surface area contributed by atoms with Gasteiger partial charge in [-0.25, -0.2) is 9.37 Å². The van der Waals surface area contributed by atoms with Crippen molar-refractivity contribution in [2.24, 2.45) is 5.16 Å². The summed E-state index contributed by atoms with van der Waals surface area (Å²) in [5, 5.41) is 6.91. The summed E-state index contributed by atoms with van der Waals surface area (Å²) in [6, 6.07) is 6.00. The van der Waals surface area contributed by atoms with E-state index in [0.717, 1.165) is 24.4 Å². The molecule has 7 heteroatoms. The van der Waals surface area contributed by atoms with Crippen LogP contribution in [0.5, 0.6) is 0 Å². The number of oxime groups is 1. The van der Waals surface area contributed by atoms with Crippen LogP contribution in [0.15, 0.2) is 41.8 Å². The van der Waals surface area contributed by atoms with Gasteiger partial charge in [0.05, 0.1) is 5.71 Å². The van der Waals surface area contributed by atoms with Gasteiger partial charge in [-0.2, -0.15) is 0 Å². The fourth-order valence-electron chi connectivity index (χ4n) is 2.74. The number of carbonyl (C=O) groups is 1. The van der Waals surface area contributed by atoms with Crippen LogP contribution in [0.4, 0.5) is 4.39 Å². The van der Waals surface area contributed by atoms with Gasteiger partial charge in [0.2, 0.25) is 5.60 Å². The zero-order chi connectivity index (χ0) is 17.9. The largest absolute Gasteiger partial charge is 0.379 e. The number of amides is 1. The third kappa shape index (κ3) is 3.87. The molecule has 0 saturated heterocycles. The minimum absolute atomic E-state index is 0.198. The highest BCUT2D eigenvalue weighted by atomic mass is 19.1. The molecule has 0 aliphatic carbocycles. The summed E-state index contributed by atoms with van der Waals surface area (Å²) in [5.41, 5.74) is 0.370. The highest BCUT2D eigenvalue weighted by Gasteiger charge is 2.41. The first-order valence-corrected chi connectivity index (χ1v) is 8.25. The Morgan fingerprint density at radius 3 is 2.84 bits per heavy atom. The second kappa shape index (κ2) is 7.04. The van der Waals surface area contributed by atoms with Gasteiger partial charge in [-0.05, 0) is 38.0 Å². The van der Waals surface area contributed by atoms with E-state index in [-0.39, 0.29) is 11.7 Å². The molecule has 1 aliphatic rings. The van der Waals surface area contributed by atoms with Crippen LogP contribution in [-0.2, 0) is 16.2 Å². The zero-order valence-electron chi connectivity index (χ0n) is 14.3. The Labute approximate surface area is 145 Å². The summed E-state index contributed by atoms with van der Waals surface area (Å²) in [7, 11) is 0. The maximum atomic E-state index is 13.0. The predicted molar refractivity (Wildman–Crippen MR) is 91.6 cm³/mol. The Balaban J connectivity index is 1.49. The van der Waals surface area contributed by atoms with Gasteiger partial charge in [0.15, 0.2) is 0 Å². The Kier molecular flexibility index (Phi) is 4.83. The number of rotatable bonds is 6. The van der Waals surface area contributed by atoms with Crippen LogP contribution in [0, 0.1) is 12.7 Å². The molecule has 0 fully saturated rings. The first-order valence-electron chi connectivity index (χ1n) is 8.25. The average Bonchev–Trinajstić information content (AvgIpc) is 3.19. The molecular weight excluding hydrogens is 323 g/mol. The third-order valence-corrected chi connectivity index (χ3v) is 4.30. The van der Waals surface area contributed by atoms with Gasteiger partial charge in [0, 0.05) is 31.9 Å². The molecular formula is C18H21FN4O2. The number of imidazole rings is 1. The van der Waals surface area contributed by atoms with Crippen LogP contribution >= 0.6 is 0 Å². The molecule has 1 aliphatic heterocycles. The molecule has 1 atom stereocenters. The van der Waals surface area contributed by atoms with Crippen molar-refractivity contribution in [3.8, 4) is 0 Å². The third-order valence-electron chi connectivity index (χ3n) is 4.30. The quantitative estimate of drug-likeness (QED) is 0.818. The molecule has 2 heterocycles. The second-order valence-corrected chi connectivity index (χ2v) is 6.32. The summed E-state index contributed by atoms with van der Waals surface area (Å²) >= 11 is 0. The van der Waals surface area contributed by atoms with Gasteiger partial charge < -0.3 is 14.7 Å². The van der Waals surface area contributed by atoms with Crippen molar-refractivity contribution >= 4 is 11.6 Å². The fourth-order valence-corrected chi connectivity index (χ4v) is 2.74. The van der Waals surface area contributed by atoms with Crippen molar-refractivity contribution in [2.75, 3.05) is 6.54 Å². The van der Waals surface area contributed by atoms with Gasteiger partial charge in [-0.3, -0.25) is 4.79 Å². The lowest BCUT2D eigenvalue weighted by atomic mass is 9.95. The molecule has 2 aromatic rings. The lowest BCUT2D eigenvalue weighted by Crippen LogP contribution is -2.45. The van der Waals surface area contributed by atoms with E-state index < -0.39 is 5.60 Å². The van der Waals surface area contributed by atoms with E-state index in [9.17, 15) is 9.18 Å². The molecule has 6 nitrogen and oxygen atoms in total. The van der Waals surface area contributed by atoms with Crippen molar-refractivity contribution in [1.82, 2.24) is 14.9 Å². The first-order chi connectivity index (χ1) is 12.0. The van der Waals surface area contributed by atoms with Crippen molar-refractivity contribution in [3.05, 3.63) is 53.9 Å². The predicted octanol–water partition coefficient (Wildman–Crippen LogP) is 2.42. The molecule has 1 aromatic carbocycles. The zero-order valence-corrected chi connectivity index (χ0v) is 14.3. The minimum atomic E-state index is -1.03. The van der Waals surface area contributed by atoms with Crippen LogP contribution in [-0.4, -0.2) is 33.3 Å². The number of nitrogens with zero attached hydrogens (tertiary/aromatic N) is 3. The monoisotopic (exact) mass is 344 g/mol. The van der Waals surface area contributed by atoms with E-state index >= 15 is 0 Å². The standard InChI is InChI=1S/C18H21FN4O2/c1-13-20-9-11-23(13)10-3-8-21-17(24)18(2)12-16(22-25-18)14-4-6-15(19)7-5-14/h4-7,9,11H,3,8,10,12H2,1-2H3,(H,21,24)/t18-/m1/s1. The van der Waals surface area contributed by atoms with Gasteiger partial charge in [-0.1, -0.05) is 17.3 Å². The molecule has 1 amide bonds. The van der Waals surface area contributed by atoms with Crippen molar-refractivity contribution in [1.29, 1.82) is 0 Å². The SMILES string of the molecule is Cc1nccn1CCCNC(=O)[C@@]1(C)CC(c2ccc(F)cc2)=NO1. The highest BCUT2D eigenvalue weighted by molar-refractivity contribution is 6.05. The van der Waals surface area contributed by atoms with Crippen molar-refractivity contribution < 1.29 is 14.0 Å². The first kappa shape index (κ1) is 17.1. The summed E-state index contributed by atoms with van der Waals surface area (Å²) in [5.74, 6) is 0.447. The summed E-state index contributed by atoms with van der Waals surface area (Å²) < 4.78 is 15.1. The van der Waals surface area contributed by atoms with E-state index in [0.29, 0.717) is 18.7 Å². The topological polar surface area (TPSA) is 68.5 Å². The maximum Gasteiger partial charge on any atom is 0.267 e. The molecule has 0 spiro atoms. The molecule has 0 bridgehead atoms. The number of benzene rings is 1. The number of hydrogen-bond acceptors (Lipinski definition) is 4. The molecule has 0 saturated carbocycles. The molecule has 1 N–H and O–H groups in total. The number of halogens is 1. The Hall–Kier alpha value is -2.70. The molecule has 0 unspecified atom stereocenters. The molecule has 1 aromatic heterocycles. The number of carbonyl (C=O) groups excluding carboxylic acids is 1. The molecule has 132 valence electrons. The molecule has 25 heavy (non-hydrogen) atoms. The van der Waals surface area contributed by atoms with E-state index in [1.54, 1.807) is 25.3 Å². The molecule has 0 radical (unpaired) electrons. The van der Waals surface area contributed by atoms with Gasteiger partial charge in [-0.15, -0.1) is 0 Å². The summed E-state index contributed by atoms with van der Waals surface area (Å²) in [6.07, 6.45) is 4.83. The lowest BCUT2D eigenvalue weighted by Gasteiger charge is -2.20. The van der Waals surface area contributed by atoms with Crippen LogP contribution in [0.1, 0.15) is 31.2 Å². The summed E-state index contributed by atoms with van der Waals surface area (Å²) in [6.45, 7) is 4.99. The van der Waals surface area contributed by atoms with E-state index in [1.165, 1.54) is 12.1 Å². The van der Waals surface area contributed by atoms with Crippen LogP contribution in [0.25, 0.3) is 0 Å². The smallest absolute Gasteiger partial charge is 0.267 e. The Morgan fingerprint density at radius 1 is 1.40 bits per heavy atom. The van der Waals surface area contributed by atoms with Crippen LogP contribution in [0.2, 0.25) is 0 Å². The average molecular weight is 344 g/mol. The van der Waals surface area contributed by atoms with E-state index in [4.69, 9.17) is 4.84 Å². The Morgan fingerprint density at radius 2 is 2.16 bits per heavy atom. The van der Waals surface area contributed by atoms with Gasteiger partial charge >= 0.3 is 0 Å². The van der Waals surface area contributed by atoms with Gasteiger partial charge in [0.1, 0.15) is 11.6 Å². The molecule has 3 rings (SSSR count). The lowest BCUT2D eigenvalue weighted by molar-refractivity contribution is -0.141. The van der Waals surface area contributed by atoms with Gasteiger partial charge in [0.25, 0.3) is 5.91 Å². The van der Waals surface area contributed by atoms with Crippen molar-refractivity contribution in [2.45, 2.75) is 38.8 Å². The number of aryl methyl sites for hydroxylation is 2. The second-order valence-electron chi connectivity index (χ2n) is 6.32. The van der Waals surface area contributed by atoms with Crippen LogP contribution in [0.3, 0.4) is 0 Å². The summed E-state index contributed by atoms with van der Waals surface area (Å²) in [4.78, 5) is 22.0. The number of nitrogens with one attached hydrogen (secondary N) is 1. The number of hydrogen-bond donors (Lipinski definition) is 1. The normalized spacial score (nSPS) is 19.4. The Bertz CT molecular complexity index is 785.